The normalized spacial score (nSPS) is 12.4. The smallest absolute Gasteiger partial charge is 0.410 e. The van der Waals surface area contributed by atoms with Gasteiger partial charge >= 0.3 is 12.1 Å². The first kappa shape index (κ1) is 28.6. The van der Waals surface area contributed by atoms with E-state index in [1.165, 1.54) is 4.90 Å². The van der Waals surface area contributed by atoms with Crippen molar-refractivity contribution in [2.45, 2.75) is 65.1 Å². The van der Waals surface area contributed by atoms with E-state index in [1.807, 2.05) is 95.3 Å². The van der Waals surface area contributed by atoms with E-state index in [2.05, 4.69) is 5.16 Å². The van der Waals surface area contributed by atoms with Gasteiger partial charge in [-0.3, -0.25) is 4.99 Å². The molecule has 0 N–H and O–H groups in total. The van der Waals surface area contributed by atoms with Crippen LogP contribution in [-0.2, 0) is 26.2 Å². The molecule has 38 heavy (non-hydrogen) atoms. The third-order valence-electron chi connectivity index (χ3n) is 6.02. The Balaban J connectivity index is 1.94. The lowest BCUT2D eigenvalue weighted by Crippen LogP contribution is -2.45. The number of hydrogen-bond donors (Lipinski definition) is 0. The lowest BCUT2D eigenvalue weighted by molar-refractivity contribution is -0.144. The summed E-state index contributed by atoms with van der Waals surface area (Å²) in [7, 11) is 1.65. The minimum absolute atomic E-state index is 0.140. The Morgan fingerprint density at radius 2 is 1.53 bits per heavy atom. The second-order valence-corrected chi connectivity index (χ2v) is 10.5. The van der Waals surface area contributed by atoms with Gasteiger partial charge in [0.25, 0.3) is 0 Å². The Bertz CT molecular complexity index is 1200. The minimum atomic E-state index is -0.863. The molecule has 0 saturated carbocycles. The van der Waals surface area contributed by atoms with Crippen molar-refractivity contribution < 1.29 is 23.6 Å². The molecular weight excluding hydrogens is 482 g/mol. The molecule has 3 rings (SSSR count). The van der Waals surface area contributed by atoms with E-state index in [-0.39, 0.29) is 13.0 Å². The number of esters is 1. The molecule has 8 nitrogen and oxygen atoms in total. The van der Waals surface area contributed by atoms with Gasteiger partial charge in [0, 0.05) is 30.7 Å². The molecule has 0 aliphatic carbocycles. The highest BCUT2D eigenvalue weighted by atomic mass is 16.6. The van der Waals surface area contributed by atoms with Gasteiger partial charge in [0.2, 0.25) is 0 Å². The Morgan fingerprint density at radius 3 is 2.03 bits per heavy atom. The number of hydrogen-bond acceptors (Lipinski definition) is 7. The van der Waals surface area contributed by atoms with Gasteiger partial charge in [-0.1, -0.05) is 65.8 Å². The van der Waals surface area contributed by atoms with Crippen molar-refractivity contribution in [2.75, 3.05) is 13.7 Å². The first-order valence-corrected chi connectivity index (χ1v) is 12.7. The van der Waals surface area contributed by atoms with Crippen LogP contribution in [0.1, 0.15) is 64.1 Å². The van der Waals surface area contributed by atoms with Gasteiger partial charge in [-0.05, 0) is 41.5 Å². The summed E-state index contributed by atoms with van der Waals surface area (Å²) < 4.78 is 16.5. The van der Waals surface area contributed by atoms with E-state index < -0.39 is 29.2 Å². The summed E-state index contributed by atoms with van der Waals surface area (Å²) in [4.78, 5) is 32.1. The van der Waals surface area contributed by atoms with Crippen LogP contribution in [0.15, 0.2) is 76.2 Å². The van der Waals surface area contributed by atoms with Crippen LogP contribution in [0, 0.1) is 0 Å². The number of aromatic nitrogens is 1. The van der Waals surface area contributed by atoms with Crippen molar-refractivity contribution in [1.82, 2.24) is 10.1 Å². The summed E-state index contributed by atoms with van der Waals surface area (Å²) in [5.74, 6) is -0.00659. The molecule has 2 aromatic carbocycles. The highest BCUT2D eigenvalue weighted by Crippen LogP contribution is 2.28. The maximum absolute atomic E-state index is 13.0. The molecule has 0 aliphatic rings. The average molecular weight is 520 g/mol. The van der Waals surface area contributed by atoms with Crippen LogP contribution in [-0.4, -0.2) is 53.1 Å². The number of benzene rings is 2. The zero-order valence-electron chi connectivity index (χ0n) is 23.2. The van der Waals surface area contributed by atoms with Crippen molar-refractivity contribution >= 4 is 17.8 Å². The summed E-state index contributed by atoms with van der Waals surface area (Å²) in [6.45, 7) is 11.1. The molecular formula is C30H37N3O5. The Morgan fingerprint density at radius 1 is 0.974 bits per heavy atom. The molecule has 0 radical (unpaired) electrons. The molecule has 0 bridgehead atoms. The maximum atomic E-state index is 13.0. The van der Waals surface area contributed by atoms with E-state index in [0.29, 0.717) is 17.2 Å². The van der Waals surface area contributed by atoms with Crippen LogP contribution >= 0.6 is 0 Å². The number of carbonyl (C=O) groups is 2. The van der Waals surface area contributed by atoms with Crippen molar-refractivity contribution in [3.8, 4) is 0 Å². The summed E-state index contributed by atoms with van der Waals surface area (Å²) in [5, 5.41) is 4.22. The third-order valence-corrected chi connectivity index (χ3v) is 6.02. The largest absolute Gasteiger partial charge is 0.464 e. The molecule has 1 unspecified atom stereocenters. The molecule has 3 aromatic rings. The fourth-order valence-electron chi connectivity index (χ4n) is 3.70. The lowest BCUT2D eigenvalue weighted by atomic mass is 9.98. The van der Waals surface area contributed by atoms with E-state index in [1.54, 1.807) is 20.0 Å². The van der Waals surface area contributed by atoms with E-state index in [9.17, 15) is 9.59 Å². The zero-order chi connectivity index (χ0) is 27.9. The van der Waals surface area contributed by atoms with E-state index in [0.717, 1.165) is 11.1 Å². The molecule has 0 aliphatic heterocycles. The number of carbonyl (C=O) groups excluding carboxylic acids is 2. The second-order valence-electron chi connectivity index (χ2n) is 10.5. The van der Waals surface area contributed by atoms with Gasteiger partial charge in [-0.25, -0.2) is 9.59 Å². The van der Waals surface area contributed by atoms with E-state index >= 15 is 0 Å². The van der Waals surface area contributed by atoms with Crippen molar-refractivity contribution in [3.05, 3.63) is 89.3 Å². The van der Waals surface area contributed by atoms with Gasteiger partial charge in [0.1, 0.15) is 17.1 Å². The fraction of sp³-hybridized carbons (Fsp3) is 0.400. The summed E-state index contributed by atoms with van der Waals surface area (Å²) in [5.41, 5.74) is 1.51. The minimum Gasteiger partial charge on any atom is -0.464 e. The summed E-state index contributed by atoms with van der Waals surface area (Å²) in [6, 6.07) is 20.3. The standard InChI is InChI=1S/C30H37N3O5/c1-8-36-27(34)24(31-26(21-15-11-9-12-16-21)22-17-13-10-14-18-22)19-23-20-25(32-38-23)30(5,6)33(7)28(35)37-29(2,3)4/h9-18,20,24H,8,19H2,1-7H3. The van der Waals surface area contributed by atoms with Gasteiger partial charge in [-0.15, -0.1) is 0 Å². The Kier molecular flexibility index (Phi) is 9.09. The zero-order valence-corrected chi connectivity index (χ0v) is 23.2. The molecule has 0 fully saturated rings. The summed E-state index contributed by atoms with van der Waals surface area (Å²) in [6.07, 6.45) is -0.335. The molecule has 1 aromatic heterocycles. The van der Waals surface area contributed by atoms with Gasteiger partial charge < -0.3 is 18.9 Å². The number of ether oxygens (including phenoxy) is 2. The maximum Gasteiger partial charge on any atom is 0.410 e. The van der Waals surface area contributed by atoms with Crippen molar-refractivity contribution in [3.63, 3.8) is 0 Å². The molecule has 1 amide bonds. The second kappa shape index (κ2) is 12.1. The van der Waals surface area contributed by atoms with Crippen molar-refractivity contribution in [1.29, 1.82) is 0 Å². The Labute approximate surface area is 224 Å². The monoisotopic (exact) mass is 519 g/mol. The quantitative estimate of drug-likeness (QED) is 0.262. The van der Waals surface area contributed by atoms with Crippen LogP contribution in [0.4, 0.5) is 4.79 Å². The predicted molar refractivity (Wildman–Crippen MR) is 146 cm³/mol. The molecule has 202 valence electrons. The SMILES string of the molecule is CCOC(=O)C(Cc1cc(C(C)(C)N(C)C(=O)OC(C)(C)C)no1)N=C(c1ccccc1)c1ccccc1. The molecule has 1 heterocycles. The number of aliphatic imine (C=N–C) groups is 1. The summed E-state index contributed by atoms with van der Waals surface area (Å²) >= 11 is 0. The van der Waals surface area contributed by atoms with Crippen LogP contribution in [0.2, 0.25) is 0 Å². The van der Waals surface area contributed by atoms with Crippen LogP contribution in [0.25, 0.3) is 0 Å². The predicted octanol–water partition coefficient (Wildman–Crippen LogP) is 5.79. The topological polar surface area (TPSA) is 94.2 Å². The number of nitrogens with zero attached hydrogens (tertiary/aromatic N) is 3. The van der Waals surface area contributed by atoms with Gasteiger partial charge in [0.05, 0.1) is 17.9 Å². The van der Waals surface area contributed by atoms with E-state index in [4.69, 9.17) is 19.0 Å². The fourth-order valence-corrected chi connectivity index (χ4v) is 3.70. The average Bonchev–Trinajstić information content (AvgIpc) is 3.35. The van der Waals surface area contributed by atoms with Crippen LogP contribution < -0.4 is 0 Å². The number of rotatable bonds is 9. The highest BCUT2D eigenvalue weighted by Gasteiger charge is 2.36. The highest BCUT2D eigenvalue weighted by molar-refractivity contribution is 6.13. The Hall–Kier alpha value is -3.94. The van der Waals surface area contributed by atoms with Crippen molar-refractivity contribution in [2.24, 2.45) is 4.99 Å². The first-order valence-electron chi connectivity index (χ1n) is 12.7. The molecule has 8 heteroatoms. The van der Waals surface area contributed by atoms with Gasteiger partial charge in [-0.2, -0.15) is 0 Å². The molecule has 1 atom stereocenters. The van der Waals surface area contributed by atoms with Gasteiger partial charge in [0.15, 0.2) is 6.04 Å². The first-order chi connectivity index (χ1) is 17.9. The molecule has 0 saturated heterocycles. The third kappa shape index (κ3) is 7.31. The number of amides is 1. The molecule has 0 spiro atoms. The van der Waals surface area contributed by atoms with Crippen LogP contribution in [0.5, 0.6) is 0 Å². The lowest BCUT2D eigenvalue weighted by Gasteiger charge is -2.35. The van der Waals surface area contributed by atoms with Crippen LogP contribution in [0.3, 0.4) is 0 Å².